The van der Waals surface area contributed by atoms with Crippen LogP contribution in [0.25, 0.3) is 70.0 Å². The summed E-state index contributed by atoms with van der Waals surface area (Å²) in [6, 6.07) is 42.9. The van der Waals surface area contributed by atoms with E-state index in [4.69, 9.17) is 4.98 Å². The average molecular weight is 559 g/mol. The lowest BCUT2D eigenvalue weighted by molar-refractivity contribution is 1.18. The molecule has 0 fully saturated rings. The van der Waals surface area contributed by atoms with Crippen LogP contribution >= 0.6 is 11.3 Å². The highest BCUT2D eigenvalue weighted by molar-refractivity contribution is 7.25. The Balaban J connectivity index is 1.25. The van der Waals surface area contributed by atoms with Crippen molar-refractivity contribution in [2.75, 3.05) is 0 Å². The van der Waals surface area contributed by atoms with Gasteiger partial charge in [-0.05, 0) is 87.2 Å². The number of nitrogens with zero attached hydrogens (tertiary/aromatic N) is 2. The Morgan fingerprint density at radius 3 is 2.02 bits per heavy atom. The van der Waals surface area contributed by atoms with Gasteiger partial charge in [0.05, 0.1) is 21.3 Å². The zero-order chi connectivity index (χ0) is 27.3. The van der Waals surface area contributed by atoms with E-state index in [0.717, 1.165) is 5.52 Å². The number of aromatic nitrogens is 2. The summed E-state index contributed by atoms with van der Waals surface area (Å²) in [6.07, 6.45) is 1.90. The number of para-hydroxylation sites is 2. The van der Waals surface area contributed by atoms with Crippen molar-refractivity contribution in [1.82, 2.24) is 9.55 Å². The largest absolute Gasteiger partial charge is 0.309 e. The van der Waals surface area contributed by atoms with Crippen molar-refractivity contribution in [2.24, 2.45) is 0 Å². The van der Waals surface area contributed by atoms with Crippen LogP contribution in [0.15, 0.2) is 121 Å². The maximum absolute atomic E-state index is 4.70. The SMILES string of the molecule is C[Si]1(C)c2ccc(-c3ccc4sc5cccnc5c4c3)cc2-c2cc(-n3c4ccccc4c4ccccc43)ccc21. The third-order valence-corrected chi connectivity index (χ3v) is 13.7. The van der Waals surface area contributed by atoms with Gasteiger partial charge in [0.1, 0.15) is 8.07 Å². The molecule has 9 rings (SSSR count). The van der Waals surface area contributed by atoms with Gasteiger partial charge in [-0.15, -0.1) is 11.3 Å². The molecule has 1 aliphatic rings. The van der Waals surface area contributed by atoms with Crippen molar-refractivity contribution in [1.29, 1.82) is 0 Å². The average Bonchev–Trinajstić information content (AvgIpc) is 3.62. The number of thiophene rings is 1. The molecule has 0 spiro atoms. The smallest absolute Gasteiger partial charge is 0.113 e. The van der Waals surface area contributed by atoms with Gasteiger partial charge in [0.15, 0.2) is 0 Å². The Labute approximate surface area is 243 Å². The molecule has 0 saturated heterocycles. The molecule has 0 amide bonds. The van der Waals surface area contributed by atoms with E-state index in [1.165, 1.54) is 74.9 Å². The first-order valence-corrected chi connectivity index (χ1v) is 18.0. The van der Waals surface area contributed by atoms with Crippen LogP contribution in [-0.4, -0.2) is 17.6 Å². The van der Waals surface area contributed by atoms with Gasteiger partial charge in [-0.3, -0.25) is 4.98 Å². The molecular formula is C37H26N2SSi. The zero-order valence-electron chi connectivity index (χ0n) is 22.8. The molecule has 8 aromatic rings. The highest BCUT2D eigenvalue weighted by Gasteiger charge is 2.37. The summed E-state index contributed by atoms with van der Waals surface area (Å²) < 4.78 is 4.97. The quantitative estimate of drug-likeness (QED) is 0.194. The topological polar surface area (TPSA) is 17.8 Å². The van der Waals surface area contributed by atoms with E-state index in [1.54, 1.807) is 0 Å². The van der Waals surface area contributed by atoms with Crippen molar-refractivity contribution in [2.45, 2.75) is 13.1 Å². The molecule has 194 valence electrons. The first-order chi connectivity index (χ1) is 20.1. The number of benzene rings is 5. The predicted molar refractivity (Wildman–Crippen MR) is 179 cm³/mol. The lowest BCUT2D eigenvalue weighted by Crippen LogP contribution is -2.49. The van der Waals surface area contributed by atoms with E-state index in [9.17, 15) is 0 Å². The monoisotopic (exact) mass is 558 g/mol. The summed E-state index contributed by atoms with van der Waals surface area (Å²) in [5.41, 5.74) is 10.1. The minimum atomic E-state index is -1.81. The van der Waals surface area contributed by atoms with Gasteiger partial charge in [-0.25, -0.2) is 0 Å². The van der Waals surface area contributed by atoms with Gasteiger partial charge >= 0.3 is 0 Å². The van der Waals surface area contributed by atoms with Crippen LogP contribution in [-0.2, 0) is 0 Å². The third-order valence-electron chi connectivity index (χ3n) is 9.06. The van der Waals surface area contributed by atoms with Crippen molar-refractivity contribution in [3.05, 3.63) is 121 Å². The van der Waals surface area contributed by atoms with E-state index in [-0.39, 0.29) is 0 Å². The first-order valence-electron chi connectivity index (χ1n) is 14.1. The number of pyridine rings is 1. The molecule has 0 unspecified atom stereocenters. The molecule has 0 bridgehead atoms. The fourth-order valence-electron chi connectivity index (χ4n) is 7.05. The molecule has 1 aliphatic heterocycles. The van der Waals surface area contributed by atoms with E-state index >= 15 is 0 Å². The Kier molecular flexibility index (Phi) is 4.68. The standard InChI is InChI=1S/C37H26N2SSi/c1-41(2)35-17-14-24(23-13-16-33-30(21-23)37-34(40-33)12-7-19-38-37)20-28(35)29-22-25(15-18-36(29)41)39-31-10-5-3-8-26(31)27-9-4-6-11-32(27)39/h3-22H,1-2H3. The summed E-state index contributed by atoms with van der Waals surface area (Å²) >= 11 is 1.82. The number of rotatable bonds is 2. The Morgan fingerprint density at radius 2 is 1.24 bits per heavy atom. The van der Waals surface area contributed by atoms with E-state index < -0.39 is 8.07 Å². The van der Waals surface area contributed by atoms with Crippen molar-refractivity contribution in [3.63, 3.8) is 0 Å². The summed E-state index contributed by atoms with van der Waals surface area (Å²) in [6.45, 7) is 4.99. The second kappa shape index (κ2) is 8.26. The molecule has 41 heavy (non-hydrogen) atoms. The maximum Gasteiger partial charge on any atom is 0.113 e. The van der Waals surface area contributed by atoms with Crippen LogP contribution < -0.4 is 10.4 Å². The Bertz CT molecular complexity index is 2300. The molecule has 0 atom stereocenters. The summed E-state index contributed by atoms with van der Waals surface area (Å²) in [7, 11) is -1.81. The van der Waals surface area contributed by atoms with Gasteiger partial charge in [0.2, 0.25) is 0 Å². The van der Waals surface area contributed by atoms with Crippen LogP contribution in [0.1, 0.15) is 0 Å². The summed E-state index contributed by atoms with van der Waals surface area (Å²) in [4.78, 5) is 4.70. The molecule has 4 heterocycles. The van der Waals surface area contributed by atoms with Crippen molar-refractivity contribution < 1.29 is 0 Å². The van der Waals surface area contributed by atoms with E-state index in [0.29, 0.717) is 0 Å². The minimum absolute atomic E-state index is 1.10. The van der Waals surface area contributed by atoms with Gasteiger partial charge in [0, 0.05) is 32.7 Å². The van der Waals surface area contributed by atoms with E-state index in [2.05, 4.69) is 127 Å². The molecule has 3 aromatic heterocycles. The summed E-state index contributed by atoms with van der Waals surface area (Å²) in [5, 5.41) is 6.89. The number of hydrogen-bond acceptors (Lipinski definition) is 2. The maximum atomic E-state index is 4.70. The van der Waals surface area contributed by atoms with Crippen LogP contribution in [0.5, 0.6) is 0 Å². The highest BCUT2D eigenvalue weighted by atomic mass is 32.1. The second-order valence-corrected chi connectivity index (χ2v) is 17.1. The molecular weight excluding hydrogens is 533 g/mol. The van der Waals surface area contributed by atoms with Crippen molar-refractivity contribution in [3.8, 4) is 27.9 Å². The van der Waals surface area contributed by atoms with Gasteiger partial charge in [-0.2, -0.15) is 0 Å². The fraction of sp³-hybridized carbons (Fsp3) is 0.0541. The molecule has 0 aliphatic carbocycles. The van der Waals surface area contributed by atoms with Crippen LogP contribution in [0.4, 0.5) is 0 Å². The van der Waals surface area contributed by atoms with Gasteiger partial charge in [-0.1, -0.05) is 73.8 Å². The number of fused-ring (bicyclic) bond motifs is 9. The van der Waals surface area contributed by atoms with Crippen LogP contribution in [0, 0.1) is 0 Å². The molecule has 4 heteroatoms. The molecule has 2 nitrogen and oxygen atoms in total. The van der Waals surface area contributed by atoms with E-state index in [1.807, 2.05) is 23.6 Å². The Morgan fingerprint density at radius 1 is 0.585 bits per heavy atom. The Hall–Kier alpha value is -4.51. The van der Waals surface area contributed by atoms with Gasteiger partial charge in [0.25, 0.3) is 0 Å². The second-order valence-electron chi connectivity index (χ2n) is 11.6. The first kappa shape index (κ1) is 23.2. The van der Waals surface area contributed by atoms with Gasteiger partial charge < -0.3 is 4.57 Å². The lowest BCUT2D eigenvalue weighted by Gasteiger charge is -2.19. The third kappa shape index (κ3) is 3.20. The normalized spacial score (nSPS) is 13.8. The van der Waals surface area contributed by atoms with Crippen molar-refractivity contribution >= 4 is 71.9 Å². The molecule has 0 saturated carbocycles. The lowest BCUT2D eigenvalue weighted by atomic mass is 9.98. The molecule has 0 radical (unpaired) electrons. The summed E-state index contributed by atoms with van der Waals surface area (Å²) in [5.74, 6) is 0. The van der Waals surface area contributed by atoms with Crippen LogP contribution in [0.2, 0.25) is 13.1 Å². The zero-order valence-corrected chi connectivity index (χ0v) is 24.7. The molecule has 0 N–H and O–H groups in total. The minimum Gasteiger partial charge on any atom is -0.309 e. The van der Waals surface area contributed by atoms with Crippen LogP contribution in [0.3, 0.4) is 0 Å². The number of hydrogen-bond donors (Lipinski definition) is 0. The highest BCUT2D eigenvalue weighted by Crippen LogP contribution is 2.38. The predicted octanol–water partition coefficient (Wildman–Crippen LogP) is 9.02. The fourth-order valence-corrected chi connectivity index (χ4v) is 11.1. The molecule has 5 aromatic carbocycles.